The summed E-state index contributed by atoms with van der Waals surface area (Å²) in [5.74, 6) is 0.736. The van der Waals surface area contributed by atoms with Crippen LogP contribution < -0.4 is 0 Å². The average Bonchev–Trinajstić information content (AvgIpc) is 2.55. The number of imidazole rings is 1. The van der Waals surface area contributed by atoms with E-state index in [1.54, 1.807) is 23.7 Å². The van der Waals surface area contributed by atoms with Crippen molar-refractivity contribution >= 4 is 27.5 Å². The second-order valence-electron chi connectivity index (χ2n) is 3.25. The average molecular weight is 297 g/mol. The predicted molar refractivity (Wildman–Crippen MR) is 66.1 cm³/mol. The maximum absolute atomic E-state index is 8.94. The Morgan fingerprint density at radius 1 is 1.38 bits per heavy atom. The number of nitriles is 1. The van der Waals surface area contributed by atoms with Gasteiger partial charge in [0.05, 0.1) is 0 Å². The number of hydrogen-bond acceptors (Lipinski definition) is 2. The van der Waals surface area contributed by atoms with Gasteiger partial charge in [0.25, 0.3) is 0 Å². The minimum absolute atomic E-state index is 0.505. The van der Waals surface area contributed by atoms with E-state index >= 15 is 0 Å². The molecule has 0 unspecified atom stereocenters. The normalized spacial score (nSPS) is 10.1. The van der Waals surface area contributed by atoms with Gasteiger partial charge in [-0.25, -0.2) is 4.98 Å². The Morgan fingerprint density at radius 2 is 2.00 bits per heavy atom. The van der Waals surface area contributed by atoms with Gasteiger partial charge in [0.15, 0.2) is 5.69 Å². The van der Waals surface area contributed by atoms with Crippen LogP contribution in [-0.2, 0) is 7.05 Å². The van der Waals surface area contributed by atoms with E-state index in [0.717, 1.165) is 11.4 Å². The fourth-order valence-electron chi connectivity index (χ4n) is 1.44. The number of aromatic nitrogens is 2. The monoisotopic (exact) mass is 295 g/mol. The Labute approximate surface area is 106 Å². The molecule has 0 spiro atoms. The molecule has 0 bridgehead atoms. The van der Waals surface area contributed by atoms with Gasteiger partial charge in [-0.15, -0.1) is 0 Å². The van der Waals surface area contributed by atoms with Crippen LogP contribution in [0.25, 0.3) is 11.4 Å². The molecule has 2 rings (SSSR count). The van der Waals surface area contributed by atoms with Crippen LogP contribution in [0.3, 0.4) is 0 Å². The van der Waals surface area contributed by atoms with Gasteiger partial charge in [-0.05, 0) is 40.2 Å². The maximum atomic E-state index is 8.94. The van der Waals surface area contributed by atoms with E-state index in [1.165, 1.54) is 0 Å². The van der Waals surface area contributed by atoms with E-state index in [1.807, 2.05) is 12.1 Å². The Kier molecular flexibility index (Phi) is 2.99. The van der Waals surface area contributed by atoms with E-state index in [9.17, 15) is 0 Å². The molecule has 5 heteroatoms. The van der Waals surface area contributed by atoms with Gasteiger partial charge in [-0.1, -0.05) is 11.6 Å². The van der Waals surface area contributed by atoms with Crippen LogP contribution in [0.4, 0.5) is 0 Å². The molecule has 1 heterocycles. The summed E-state index contributed by atoms with van der Waals surface area (Å²) in [6.45, 7) is 0. The summed E-state index contributed by atoms with van der Waals surface area (Å²) in [5, 5.41) is 9.62. The molecule has 2 aromatic rings. The van der Waals surface area contributed by atoms with Crippen molar-refractivity contribution in [3.05, 3.63) is 39.6 Å². The quantitative estimate of drug-likeness (QED) is 0.809. The number of halogens is 2. The van der Waals surface area contributed by atoms with Crippen LogP contribution in [0.15, 0.2) is 28.9 Å². The first kappa shape index (κ1) is 11.2. The largest absolute Gasteiger partial charge is 0.318 e. The summed E-state index contributed by atoms with van der Waals surface area (Å²) in [7, 11) is 1.81. The van der Waals surface area contributed by atoms with Gasteiger partial charge in [-0.2, -0.15) is 5.26 Å². The topological polar surface area (TPSA) is 41.6 Å². The van der Waals surface area contributed by atoms with Crippen molar-refractivity contribution in [3.63, 3.8) is 0 Å². The lowest BCUT2D eigenvalue weighted by molar-refractivity contribution is 0.907. The molecule has 0 saturated heterocycles. The summed E-state index contributed by atoms with van der Waals surface area (Å²) < 4.78 is 2.30. The Balaban J connectivity index is 2.58. The molecule has 1 aromatic carbocycles. The molecule has 0 amide bonds. The van der Waals surface area contributed by atoms with E-state index < -0.39 is 0 Å². The van der Waals surface area contributed by atoms with Crippen LogP contribution in [-0.4, -0.2) is 9.55 Å². The van der Waals surface area contributed by atoms with Gasteiger partial charge in [0, 0.05) is 17.6 Å². The Bertz CT molecular complexity index is 566. The standard InChI is InChI=1S/C11H7BrClN3/c1-16-9(6-14)10(12)15-11(16)7-2-4-8(13)5-3-7/h2-5H,1H3. The third kappa shape index (κ3) is 1.84. The molecule has 0 fully saturated rings. The van der Waals surface area contributed by atoms with Crippen molar-refractivity contribution in [2.45, 2.75) is 0 Å². The van der Waals surface area contributed by atoms with Gasteiger partial charge in [-0.3, -0.25) is 0 Å². The number of benzene rings is 1. The van der Waals surface area contributed by atoms with Crippen LogP contribution >= 0.6 is 27.5 Å². The lowest BCUT2D eigenvalue weighted by atomic mass is 10.2. The molecular weight excluding hydrogens is 289 g/mol. The molecule has 80 valence electrons. The van der Waals surface area contributed by atoms with Gasteiger partial charge in [0.2, 0.25) is 0 Å². The van der Waals surface area contributed by atoms with E-state index in [4.69, 9.17) is 16.9 Å². The number of hydrogen-bond donors (Lipinski definition) is 0. The summed E-state index contributed by atoms with van der Waals surface area (Å²) in [5.41, 5.74) is 1.43. The number of nitrogens with zero attached hydrogens (tertiary/aromatic N) is 3. The van der Waals surface area contributed by atoms with Crippen LogP contribution in [0.5, 0.6) is 0 Å². The van der Waals surface area contributed by atoms with E-state index in [-0.39, 0.29) is 0 Å². The van der Waals surface area contributed by atoms with Gasteiger partial charge in [0.1, 0.15) is 16.5 Å². The second-order valence-corrected chi connectivity index (χ2v) is 4.44. The first-order chi connectivity index (χ1) is 7.63. The van der Waals surface area contributed by atoms with Crippen molar-refractivity contribution in [1.82, 2.24) is 9.55 Å². The van der Waals surface area contributed by atoms with Crippen LogP contribution in [0.2, 0.25) is 5.02 Å². The van der Waals surface area contributed by atoms with Crippen molar-refractivity contribution in [2.24, 2.45) is 7.05 Å². The molecular formula is C11H7BrClN3. The zero-order chi connectivity index (χ0) is 11.7. The lowest BCUT2D eigenvalue weighted by Gasteiger charge is -2.01. The molecule has 0 radical (unpaired) electrons. The highest BCUT2D eigenvalue weighted by Crippen LogP contribution is 2.25. The fourth-order valence-corrected chi connectivity index (χ4v) is 2.09. The molecule has 3 nitrogen and oxygen atoms in total. The summed E-state index contributed by atoms with van der Waals surface area (Å²) in [6, 6.07) is 9.43. The SMILES string of the molecule is Cn1c(-c2ccc(Cl)cc2)nc(Br)c1C#N. The second kappa shape index (κ2) is 4.28. The fraction of sp³-hybridized carbons (Fsp3) is 0.0909. The van der Waals surface area contributed by atoms with Crippen LogP contribution in [0, 0.1) is 11.3 Å². The molecule has 0 N–H and O–H groups in total. The Morgan fingerprint density at radius 3 is 2.50 bits per heavy atom. The zero-order valence-electron chi connectivity index (χ0n) is 8.41. The van der Waals surface area contributed by atoms with Crippen molar-refractivity contribution in [3.8, 4) is 17.5 Å². The lowest BCUT2D eigenvalue weighted by Crippen LogP contribution is -1.95. The first-order valence-corrected chi connectivity index (χ1v) is 5.69. The highest BCUT2D eigenvalue weighted by atomic mass is 79.9. The van der Waals surface area contributed by atoms with Crippen molar-refractivity contribution < 1.29 is 0 Å². The summed E-state index contributed by atoms with van der Waals surface area (Å²) in [6.07, 6.45) is 0. The minimum Gasteiger partial charge on any atom is -0.318 e. The highest BCUT2D eigenvalue weighted by molar-refractivity contribution is 9.10. The van der Waals surface area contributed by atoms with E-state index in [2.05, 4.69) is 27.0 Å². The van der Waals surface area contributed by atoms with Crippen molar-refractivity contribution in [1.29, 1.82) is 5.26 Å². The van der Waals surface area contributed by atoms with Gasteiger partial charge < -0.3 is 4.57 Å². The molecule has 1 aromatic heterocycles. The van der Waals surface area contributed by atoms with Crippen LogP contribution in [0.1, 0.15) is 5.69 Å². The molecule has 0 aliphatic heterocycles. The predicted octanol–water partition coefficient (Wildman–Crippen LogP) is 3.37. The van der Waals surface area contributed by atoms with Crippen molar-refractivity contribution in [2.75, 3.05) is 0 Å². The van der Waals surface area contributed by atoms with Gasteiger partial charge >= 0.3 is 0 Å². The maximum Gasteiger partial charge on any atom is 0.154 e. The molecule has 0 saturated carbocycles. The third-order valence-electron chi connectivity index (χ3n) is 2.26. The highest BCUT2D eigenvalue weighted by Gasteiger charge is 2.13. The molecule has 0 atom stereocenters. The smallest absolute Gasteiger partial charge is 0.154 e. The first-order valence-electron chi connectivity index (χ1n) is 4.51. The minimum atomic E-state index is 0.505. The summed E-state index contributed by atoms with van der Waals surface area (Å²) >= 11 is 9.07. The number of rotatable bonds is 1. The molecule has 0 aliphatic rings. The zero-order valence-corrected chi connectivity index (χ0v) is 10.7. The molecule has 16 heavy (non-hydrogen) atoms. The molecule has 0 aliphatic carbocycles. The summed E-state index contributed by atoms with van der Waals surface area (Å²) in [4.78, 5) is 4.29. The third-order valence-corrected chi connectivity index (χ3v) is 3.07. The van der Waals surface area contributed by atoms with E-state index in [0.29, 0.717) is 15.3 Å². The Hall–Kier alpha value is -1.31.